The Bertz CT molecular complexity index is 950. The number of thiophene rings is 3. The van der Waals surface area contributed by atoms with Gasteiger partial charge in [0.1, 0.15) is 0 Å². The predicted octanol–water partition coefficient (Wildman–Crippen LogP) is 10.5. The van der Waals surface area contributed by atoms with Gasteiger partial charge in [0.05, 0.1) is 11.0 Å². The Hall–Kier alpha value is -1.30. The number of fused-ring (bicyclic) bond motifs is 2. The summed E-state index contributed by atoms with van der Waals surface area (Å²) in [5, 5.41) is 8.86. The van der Waals surface area contributed by atoms with Crippen molar-refractivity contribution in [2.45, 2.75) is 104 Å². The van der Waals surface area contributed by atoms with Crippen molar-refractivity contribution in [1.82, 2.24) is 9.97 Å². The van der Waals surface area contributed by atoms with Crippen LogP contribution in [-0.4, -0.2) is 9.97 Å². The van der Waals surface area contributed by atoms with E-state index < -0.39 is 0 Å². The molecule has 0 N–H and O–H groups in total. The number of aryl methyl sites for hydroxylation is 2. The van der Waals surface area contributed by atoms with Crippen molar-refractivity contribution in [3.63, 3.8) is 0 Å². The SMILES string of the molecule is CCCCCCCCc1csc2c(CCCCCCCC)csc12.c1cnc2cscc2n1. The number of aromatic nitrogens is 2. The maximum atomic E-state index is 4.09. The maximum absolute atomic E-state index is 4.09. The molecule has 2 nitrogen and oxygen atoms in total. The van der Waals surface area contributed by atoms with Gasteiger partial charge >= 0.3 is 0 Å². The Kier molecular flexibility index (Phi) is 12.4. The Morgan fingerprint density at radius 3 is 1.42 bits per heavy atom. The molecule has 0 aliphatic rings. The van der Waals surface area contributed by atoms with Gasteiger partial charge in [-0.25, -0.2) is 0 Å². The van der Waals surface area contributed by atoms with Crippen LogP contribution in [0.5, 0.6) is 0 Å². The van der Waals surface area contributed by atoms with Crippen molar-refractivity contribution in [1.29, 1.82) is 0 Å². The lowest BCUT2D eigenvalue weighted by Gasteiger charge is -2.00. The van der Waals surface area contributed by atoms with E-state index >= 15 is 0 Å². The average Bonchev–Trinajstić information content (AvgIpc) is 3.57. The van der Waals surface area contributed by atoms with Crippen LogP contribution in [0.2, 0.25) is 0 Å². The third kappa shape index (κ3) is 8.77. The topological polar surface area (TPSA) is 25.8 Å². The van der Waals surface area contributed by atoms with Crippen molar-refractivity contribution < 1.29 is 0 Å². The number of nitrogens with zero attached hydrogens (tertiary/aromatic N) is 2. The lowest BCUT2D eigenvalue weighted by atomic mass is 10.1. The summed E-state index contributed by atoms with van der Waals surface area (Å²) in [7, 11) is 0. The Morgan fingerprint density at radius 1 is 0.545 bits per heavy atom. The molecule has 0 fully saturated rings. The highest BCUT2D eigenvalue weighted by molar-refractivity contribution is 7.26. The average molecular weight is 501 g/mol. The van der Waals surface area contributed by atoms with Crippen molar-refractivity contribution in [3.8, 4) is 0 Å². The molecule has 4 aromatic rings. The number of hydrogen-bond donors (Lipinski definition) is 0. The highest BCUT2D eigenvalue weighted by Gasteiger charge is 2.10. The summed E-state index contributed by atoms with van der Waals surface area (Å²) in [6.07, 6.45) is 22.8. The van der Waals surface area contributed by atoms with Gasteiger partial charge in [-0.05, 0) is 47.6 Å². The zero-order chi connectivity index (χ0) is 23.1. The first kappa shape index (κ1) is 26.3. The van der Waals surface area contributed by atoms with Gasteiger partial charge in [-0.3, -0.25) is 9.97 Å². The van der Waals surface area contributed by atoms with Gasteiger partial charge in [-0.1, -0.05) is 78.1 Å². The minimum Gasteiger partial charge on any atom is -0.252 e. The summed E-state index contributed by atoms with van der Waals surface area (Å²) < 4.78 is 3.21. The molecule has 33 heavy (non-hydrogen) atoms. The summed E-state index contributed by atoms with van der Waals surface area (Å²) in [5.41, 5.74) is 5.24. The minimum absolute atomic E-state index is 0.988. The zero-order valence-electron chi connectivity index (χ0n) is 20.5. The van der Waals surface area contributed by atoms with Gasteiger partial charge in [-0.15, -0.1) is 34.0 Å². The fourth-order valence-electron chi connectivity index (χ4n) is 4.16. The van der Waals surface area contributed by atoms with E-state index in [4.69, 9.17) is 0 Å². The van der Waals surface area contributed by atoms with Crippen LogP contribution in [0.3, 0.4) is 0 Å². The second-order valence-corrected chi connectivity index (χ2v) is 11.4. The van der Waals surface area contributed by atoms with E-state index in [0.717, 1.165) is 11.0 Å². The van der Waals surface area contributed by atoms with Gasteiger partial charge in [0.25, 0.3) is 0 Å². The quantitative estimate of drug-likeness (QED) is 0.161. The smallest absolute Gasteiger partial charge is 0.0993 e. The molecule has 0 bridgehead atoms. The molecule has 0 aromatic carbocycles. The van der Waals surface area contributed by atoms with E-state index in [-0.39, 0.29) is 0 Å². The molecular formula is C28H40N2S3. The van der Waals surface area contributed by atoms with Crippen LogP contribution in [0.25, 0.3) is 20.4 Å². The van der Waals surface area contributed by atoms with Gasteiger partial charge in [0.2, 0.25) is 0 Å². The summed E-state index contributed by atoms with van der Waals surface area (Å²) in [5.74, 6) is 0. The number of hydrogen-bond acceptors (Lipinski definition) is 5. The fourth-order valence-corrected chi connectivity index (χ4v) is 7.38. The van der Waals surface area contributed by atoms with Crippen LogP contribution in [0.15, 0.2) is 33.9 Å². The number of rotatable bonds is 14. The second-order valence-electron chi connectivity index (χ2n) is 8.91. The van der Waals surface area contributed by atoms with Crippen molar-refractivity contribution >= 4 is 54.4 Å². The molecule has 0 amide bonds. The van der Waals surface area contributed by atoms with Gasteiger partial charge in [0, 0.05) is 32.6 Å². The highest BCUT2D eigenvalue weighted by atomic mass is 32.1. The van der Waals surface area contributed by atoms with Crippen LogP contribution in [0, 0.1) is 0 Å². The summed E-state index contributed by atoms with van der Waals surface area (Å²) >= 11 is 5.63. The van der Waals surface area contributed by atoms with Gasteiger partial charge in [0.15, 0.2) is 0 Å². The third-order valence-electron chi connectivity index (χ3n) is 6.14. The molecular weight excluding hydrogens is 461 g/mol. The van der Waals surface area contributed by atoms with E-state index in [1.54, 1.807) is 44.3 Å². The molecule has 0 spiro atoms. The molecule has 4 aromatic heterocycles. The van der Waals surface area contributed by atoms with E-state index in [0.29, 0.717) is 0 Å². The maximum Gasteiger partial charge on any atom is 0.0993 e. The van der Waals surface area contributed by atoms with E-state index in [1.165, 1.54) is 89.9 Å². The molecule has 0 atom stereocenters. The van der Waals surface area contributed by atoms with Crippen LogP contribution in [0.4, 0.5) is 0 Å². The fraction of sp³-hybridized carbons (Fsp3) is 0.571. The lowest BCUT2D eigenvalue weighted by Crippen LogP contribution is -1.84. The first-order chi connectivity index (χ1) is 16.3. The molecule has 0 saturated heterocycles. The summed E-state index contributed by atoms with van der Waals surface area (Å²) in [4.78, 5) is 8.18. The normalized spacial score (nSPS) is 11.2. The molecule has 0 radical (unpaired) electrons. The van der Waals surface area contributed by atoms with Crippen molar-refractivity contribution in [2.75, 3.05) is 0 Å². The third-order valence-corrected chi connectivity index (χ3v) is 9.20. The predicted molar refractivity (Wildman–Crippen MR) is 151 cm³/mol. The van der Waals surface area contributed by atoms with Crippen LogP contribution >= 0.6 is 34.0 Å². The molecule has 0 unspecified atom stereocenters. The van der Waals surface area contributed by atoms with Crippen molar-refractivity contribution in [3.05, 3.63) is 45.0 Å². The first-order valence-corrected chi connectivity index (χ1v) is 15.6. The monoisotopic (exact) mass is 500 g/mol. The standard InChI is InChI=1S/C22H36S2.C6H4N2S/c1-3-5-7-9-11-13-15-19-17-23-22-20(18-24-21(19)22)16-14-12-10-8-6-4-2;1-2-8-6-4-9-3-5(6)7-1/h17-18H,3-16H2,1-2H3;1-4H. The van der Waals surface area contributed by atoms with Gasteiger partial charge in [-0.2, -0.15) is 0 Å². The zero-order valence-corrected chi connectivity index (χ0v) is 22.9. The Morgan fingerprint density at radius 2 is 0.970 bits per heavy atom. The first-order valence-electron chi connectivity index (χ1n) is 12.9. The molecule has 0 aliphatic carbocycles. The number of unbranched alkanes of at least 4 members (excludes halogenated alkanes) is 10. The largest absolute Gasteiger partial charge is 0.252 e. The molecule has 4 heterocycles. The van der Waals surface area contributed by atoms with Crippen LogP contribution < -0.4 is 0 Å². The lowest BCUT2D eigenvalue weighted by molar-refractivity contribution is 0.608. The van der Waals surface area contributed by atoms with E-state index in [9.17, 15) is 0 Å². The molecule has 4 rings (SSSR count). The summed E-state index contributed by atoms with van der Waals surface area (Å²) in [6, 6.07) is 0. The minimum atomic E-state index is 0.988. The molecule has 0 saturated carbocycles. The molecule has 180 valence electrons. The Balaban J connectivity index is 0.000000280. The van der Waals surface area contributed by atoms with Crippen molar-refractivity contribution in [2.24, 2.45) is 0 Å². The van der Waals surface area contributed by atoms with Crippen LogP contribution in [-0.2, 0) is 12.8 Å². The molecule has 5 heteroatoms. The van der Waals surface area contributed by atoms with E-state index in [2.05, 4.69) is 34.6 Å². The molecule has 0 aliphatic heterocycles. The van der Waals surface area contributed by atoms with Crippen LogP contribution in [0.1, 0.15) is 102 Å². The van der Waals surface area contributed by atoms with Gasteiger partial charge < -0.3 is 0 Å². The summed E-state index contributed by atoms with van der Waals surface area (Å²) in [6.45, 7) is 4.59. The second kappa shape index (κ2) is 15.6. The highest BCUT2D eigenvalue weighted by Crippen LogP contribution is 2.36. The Labute approximate surface area is 212 Å². The van der Waals surface area contributed by atoms with E-state index in [1.807, 2.05) is 33.4 Å².